The van der Waals surface area contributed by atoms with Crippen LogP contribution in [0.4, 0.5) is 4.79 Å². The van der Waals surface area contributed by atoms with Crippen molar-refractivity contribution < 1.29 is 14.6 Å². The maximum absolute atomic E-state index is 12.0. The molecule has 6 heteroatoms. The number of aryl methyl sites for hydroxylation is 1. The lowest BCUT2D eigenvalue weighted by Crippen LogP contribution is -2.35. The molecule has 1 fully saturated rings. The van der Waals surface area contributed by atoms with Crippen LogP contribution in [0.5, 0.6) is 0 Å². The summed E-state index contributed by atoms with van der Waals surface area (Å²) in [5.74, 6) is 0.670. The molecule has 2 rings (SSSR count). The molecule has 112 valence electrons. The summed E-state index contributed by atoms with van der Waals surface area (Å²) in [6, 6.07) is 0. The number of carbonyl (C=O) groups excluding carboxylic acids is 1. The largest absolute Gasteiger partial charge is 0.444 e. The Morgan fingerprint density at radius 2 is 2.20 bits per heavy atom. The van der Waals surface area contributed by atoms with Gasteiger partial charge in [-0.05, 0) is 27.7 Å². The fraction of sp³-hybridized carbons (Fsp3) is 0.714. The fourth-order valence-electron chi connectivity index (χ4n) is 2.43. The minimum absolute atomic E-state index is 0.155. The van der Waals surface area contributed by atoms with E-state index < -0.39 is 11.7 Å². The standard InChI is InChI=1S/C14H23N3O3/c1-5-16-7-6-15-12(16)10-8-17(9-11(10)18)13(19)20-14(2,3)4/h6-7,10-11,18H,5,8-9H2,1-4H3. The number of carbonyl (C=O) groups is 1. The molecule has 0 saturated carbocycles. The molecule has 1 amide bonds. The Morgan fingerprint density at radius 3 is 2.80 bits per heavy atom. The topological polar surface area (TPSA) is 67.6 Å². The molecular formula is C14H23N3O3. The van der Waals surface area contributed by atoms with Gasteiger partial charge >= 0.3 is 6.09 Å². The van der Waals surface area contributed by atoms with Gasteiger partial charge in [-0.3, -0.25) is 0 Å². The van der Waals surface area contributed by atoms with E-state index in [-0.39, 0.29) is 18.6 Å². The van der Waals surface area contributed by atoms with Crippen LogP contribution in [0.15, 0.2) is 12.4 Å². The molecule has 0 bridgehead atoms. The van der Waals surface area contributed by atoms with E-state index in [1.165, 1.54) is 0 Å². The summed E-state index contributed by atoms with van der Waals surface area (Å²) in [6.45, 7) is 9.04. The van der Waals surface area contributed by atoms with E-state index in [1.54, 1.807) is 11.1 Å². The summed E-state index contributed by atoms with van der Waals surface area (Å²) in [5, 5.41) is 10.2. The second-order valence-corrected chi connectivity index (χ2v) is 6.13. The van der Waals surface area contributed by atoms with Gasteiger partial charge in [-0.2, -0.15) is 0 Å². The lowest BCUT2D eigenvalue weighted by molar-refractivity contribution is 0.0270. The number of β-amino-alcohol motifs (C(OH)–C–C–N with tert-alkyl or cyclic N) is 1. The Morgan fingerprint density at radius 1 is 1.50 bits per heavy atom. The molecule has 2 unspecified atom stereocenters. The van der Waals surface area contributed by atoms with Gasteiger partial charge in [0.1, 0.15) is 11.4 Å². The first-order chi connectivity index (χ1) is 9.31. The number of nitrogens with zero attached hydrogens (tertiary/aromatic N) is 3. The summed E-state index contributed by atoms with van der Waals surface area (Å²) >= 11 is 0. The molecule has 1 saturated heterocycles. The zero-order valence-electron chi connectivity index (χ0n) is 12.5. The SMILES string of the molecule is CCn1ccnc1C1CN(C(=O)OC(C)(C)C)CC1O. The van der Waals surface area contributed by atoms with Crippen molar-refractivity contribution in [3.63, 3.8) is 0 Å². The van der Waals surface area contributed by atoms with Crippen molar-refractivity contribution in [2.75, 3.05) is 13.1 Å². The van der Waals surface area contributed by atoms with E-state index in [1.807, 2.05) is 38.5 Å². The molecule has 0 spiro atoms. The summed E-state index contributed by atoms with van der Waals surface area (Å²) in [4.78, 5) is 17.9. The van der Waals surface area contributed by atoms with Gasteiger partial charge in [0.2, 0.25) is 0 Å². The lowest BCUT2D eigenvalue weighted by Gasteiger charge is -2.24. The Hall–Kier alpha value is -1.56. The van der Waals surface area contributed by atoms with E-state index in [0.29, 0.717) is 6.54 Å². The molecule has 2 atom stereocenters. The monoisotopic (exact) mass is 281 g/mol. The van der Waals surface area contributed by atoms with Crippen molar-refractivity contribution in [3.8, 4) is 0 Å². The minimum Gasteiger partial charge on any atom is -0.444 e. The van der Waals surface area contributed by atoms with Crippen LogP contribution in [0, 0.1) is 0 Å². The second kappa shape index (κ2) is 5.44. The number of rotatable bonds is 2. The highest BCUT2D eigenvalue weighted by molar-refractivity contribution is 5.68. The third-order valence-corrected chi connectivity index (χ3v) is 3.36. The number of amides is 1. The van der Waals surface area contributed by atoms with Crippen LogP contribution in [0.25, 0.3) is 0 Å². The molecule has 1 aromatic rings. The van der Waals surface area contributed by atoms with Crippen molar-refractivity contribution in [3.05, 3.63) is 18.2 Å². The lowest BCUT2D eigenvalue weighted by atomic mass is 10.1. The summed E-state index contributed by atoms with van der Waals surface area (Å²) in [5.41, 5.74) is -0.526. The third-order valence-electron chi connectivity index (χ3n) is 3.36. The van der Waals surface area contributed by atoms with Crippen LogP contribution in [-0.4, -0.2) is 50.4 Å². The zero-order chi connectivity index (χ0) is 14.9. The summed E-state index contributed by atoms with van der Waals surface area (Å²) < 4.78 is 7.33. The van der Waals surface area contributed by atoms with E-state index in [2.05, 4.69) is 4.98 Å². The first-order valence-corrected chi connectivity index (χ1v) is 6.99. The van der Waals surface area contributed by atoms with Crippen LogP contribution in [0.1, 0.15) is 39.4 Å². The van der Waals surface area contributed by atoms with E-state index in [0.717, 1.165) is 12.4 Å². The highest BCUT2D eigenvalue weighted by Gasteiger charge is 2.38. The van der Waals surface area contributed by atoms with Crippen molar-refractivity contribution in [1.82, 2.24) is 14.5 Å². The smallest absolute Gasteiger partial charge is 0.410 e. The average Bonchev–Trinajstić information content (AvgIpc) is 2.92. The van der Waals surface area contributed by atoms with Gasteiger partial charge in [-0.25, -0.2) is 9.78 Å². The Balaban J connectivity index is 2.08. The van der Waals surface area contributed by atoms with E-state index in [4.69, 9.17) is 4.74 Å². The van der Waals surface area contributed by atoms with Crippen LogP contribution in [0.2, 0.25) is 0 Å². The maximum atomic E-state index is 12.0. The quantitative estimate of drug-likeness (QED) is 0.894. The van der Waals surface area contributed by atoms with Gasteiger partial charge < -0.3 is 19.3 Å². The molecule has 6 nitrogen and oxygen atoms in total. The average molecular weight is 281 g/mol. The summed E-state index contributed by atoms with van der Waals surface area (Å²) in [6.07, 6.45) is 2.63. The van der Waals surface area contributed by atoms with Crippen molar-refractivity contribution >= 4 is 6.09 Å². The van der Waals surface area contributed by atoms with Gasteiger partial charge in [0.25, 0.3) is 0 Å². The fourth-order valence-corrected chi connectivity index (χ4v) is 2.43. The first-order valence-electron chi connectivity index (χ1n) is 6.99. The van der Waals surface area contributed by atoms with Crippen LogP contribution >= 0.6 is 0 Å². The molecule has 1 aromatic heterocycles. The van der Waals surface area contributed by atoms with Crippen LogP contribution in [0.3, 0.4) is 0 Å². The van der Waals surface area contributed by atoms with Gasteiger partial charge in [-0.1, -0.05) is 0 Å². The van der Waals surface area contributed by atoms with Gasteiger partial charge in [0.15, 0.2) is 0 Å². The van der Waals surface area contributed by atoms with Crippen LogP contribution < -0.4 is 0 Å². The van der Waals surface area contributed by atoms with Crippen molar-refractivity contribution in [1.29, 1.82) is 0 Å². The molecule has 2 heterocycles. The third kappa shape index (κ3) is 3.12. The van der Waals surface area contributed by atoms with E-state index >= 15 is 0 Å². The molecule has 1 aliphatic heterocycles. The van der Waals surface area contributed by atoms with Crippen molar-refractivity contribution in [2.24, 2.45) is 0 Å². The molecular weight excluding hydrogens is 258 g/mol. The van der Waals surface area contributed by atoms with Crippen molar-refractivity contribution in [2.45, 2.75) is 51.9 Å². The summed E-state index contributed by atoms with van der Waals surface area (Å²) in [7, 11) is 0. The number of ether oxygens (including phenoxy) is 1. The molecule has 0 aromatic carbocycles. The van der Waals surface area contributed by atoms with Gasteiger partial charge in [0, 0.05) is 25.5 Å². The predicted octanol–water partition coefficient (Wildman–Crippen LogP) is 1.60. The normalized spacial score (nSPS) is 23.1. The second-order valence-electron chi connectivity index (χ2n) is 6.13. The number of aliphatic hydroxyl groups is 1. The number of hydrogen-bond acceptors (Lipinski definition) is 4. The number of likely N-dealkylation sites (tertiary alicyclic amines) is 1. The highest BCUT2D eigenvalue weighted by Crippen LogP contribution is 2.27. The number of hydrogen-bond donors (Lipinski definition) is 1. The van der Waals surface area contributed by atoms with Gasteiger partial charge in [-0.15, -0.1) is 0 Å². The maximum Gasteiger partial charge on any atom is 0.410 e. The predicted molar refractivity (Wildman–Crippen MR) is 74.5 cm³/mol. The molecule has 1 aliphatic rings. The number of aliphatic hydroxyl groups excluding tert-OH is 1. The molecule has 1 N–H and O–H groups in total. The number of imidazole rings is 1. The van der Waals surface area contributed by atoms with Gasteiger partial charge in [0.05, 0.1) is 18.6 Å². The Labute approximate surface area is 119 Å². The molecule has 20 heavy (non-hydrogen) atoms. The van der Waals surface area contributed by atoms with Crippen LogP contribution in [-0.2, 0) is 11.3 Å². The minimum atomic E-state index is -0.602. The first kappa shape index (κ1) is 14.8. The Kier molecular flexibility index (Phi) is 4.04. The van der Waals surface area contributed by atoms with E-state index in [9.17, 15) is 9.90 Å². The zero-order valence-corrected chi connectivity index (χ0v) is 12.5. The Bertz CT molecular complexity index is 478. The highest BCUT2D eigenvalue weighted by atomic mass is 16.6. The number of aromatic nitrogens is 2. The molecule has 0 radical (unpaired) electrons. The molecule has 0 aliphatic carbocycles.